The van der Waals surface area contributed by atoms with E-state index >= 15 is 0 Å². The van der Waals surface area contributed by atoms with Crippen molar-refractivity contribution in [1.82, 2.24) is 0 Å². The standard InChI is InChI=1S/C12H17ClOS/c1-8(2)9-5-12(14,6-9)7-10-3-4-11(13)15-10/h3-4,8-9,14H,5-7H2,1-2H3. The second-order valence-electron chi connectivity index (χ2n) is 5.02. The summed E-state index contributed by atoms with van der Waals surface area (Å²) in [6.07, 6.45) is 2.66. The van der Waals surface area contributed by atoms with Crippen molar-refractivity contribution in [3.05, 3.63) is 21.3 Å². The highest BCUT2D eigenvalue weighted by Gasteiger charge is 2.43. The Morgan fingerprint density at radius 2 is 2.20 bits per heavy atom. The summed E-state index contributed by atoms with van der Waals surface area (Å²) in [5.74, 6) is 1.39. The van der Waals surface area contributed by atoms with Gasteiger partial charge in [0, 0.05) is 11.3 Å². The molecule has 0 amide bonds. The molecule has 1 heterocycles. The van der Waals surface area contributed by atoms with E-state index in [0.29, 0.717) is 11.8 Å². The molecule has 1 N–H and O–H groups in total. The van der Waals surface area contributed by atoms with Crippen LogP contribution in [0.15, 0.2) is 12.1 Å². The largest absolute Gasteiger partial charge is 0.389 e. The highest BCUT2D eigenvalue weighted by molar-refractivity contribution is 7.16. The topological polar surface area (TPSA) is 20.2 Å². The molecule has 0 radical (unpaired) electrons. The Labute approximate surface area is 100 Å². The van der Waals surface area contributed by atoms with E-state index in [9.17, 15) is 5.11 Å². The number of hydrogen-bond donors (Lipinski definition) is 1. The number of rotatable bonds is 3. The van der Waals surface area contributed by atoms with Gasteiger partial charge >= 0.3 is 0 Å². The Morgan fingerprint density at radius 3 is 2.67 bits per heavy atom. The maximum Gasteiger partial charge on any atom is 0.0931 e. The molecule has 0 aliphatic heterocycles. The Hall–Kier alpha value is -0.0500. The summed E-state index contributed by atoms with van der Waals surface area (Å²) in [6, 6.07) is 3.93. The van der Waals surface area contributed by atoms with E-state index in [4.69, 9.17) is 11.6 Å². The van der Waals surface area contributed by atoms with Crippen molar-refractivity contribution >= 4 is 22.9 Å². The lowest BCUT2D eigenvalue weighted by molar-refractivity contribution is -0.0854. The van der Waals surface area contributed by atoms with Crippen molar-refractivity contribution in [3.8, 4) is 0 Å². The maximum atomic E-state index is 10.3. The van der Waals surface area contributed by atoms with Gasteiger partial charge in [0.05, 0.1) is 9.94 Å². The third-order valence-electron chi connectivity index (χ3n) is 3.36. The van der Waals surface area contributed by atoms with E-state index < -0.39 is 5.60 Å². The van der Waals surface area contributed by atoms with E-state index in [1.807, 2.05) is 12.1 Å². The molecule has 1 aliphatic rings. The minimum absolute atomic E-state index is 0.455. The molecule has 15 heavy (non-hydrogen) atoms. The van der Waals surface area contributed by atoms with Crippen molar-refractivity contribution in [2.24, 2.45) is 11.8 Å². The molecule has 0 atom stereocenters. The minimum Gasteiger partial charge on any atom is -0.389 e. The van der Waals surface area contributed by atoms with Gasteiger partial charge in [0.15, 0.2) is 0 Å². The first-order chi connectivity index (χ1) is 6.98. The molecule has 1 fully saturated rings. The van der Waals surface area contributed by atoms with Crippen molar-refractivity contribution < 1.29 is 5.11 Å². The fourth-order valence-electron chi connectivity index (χ4n) is 2.30. The number of halogens is 1. The molecule has 84 valence electrons. The van der Waals surface area contributed by atoms with E-state index in [2.05, 4.69) is 13.8 Å². The van der Waals surface area contributed by atoms with Crippen molar-refractivity contribution in [3.63, 3.8) is 0 Å². The van der Waals surface area contributed by atoms with Crippen LogP contribution in [0.4, 0.5) is 0 Å². The van der Waals surface area contributed by atoms with Crippen molar-refractivity contribution in [2.45, 2.75) is 38.7 Å². The van der Waals surface area contributed by atoms with Gasteiger partial charge in [0.1, 0.15) is 0 Å². The van der Waals surface area contributed by atoms with Crippen LogP contribution >= 0.6 is 22.9 Å². The van der Waals surface area contributed by atoms with Gasteiger partial charge < -0.3 is 5.11 Å². The summed E-state index contributed by atoms with van der Waals surface area (Å²) >= 11 is 7.45. The average Bonchev–Trinajstić information content (AvgIpc) is 2.46. The normalized spacial score (nSPS) is 30.6. The molecule has 0 unspecified atom stereocenters. The molecular formula is C12H17ClOS. The summed E-state index contributed by atoms with van der Waals surface area (Å²) in [4.78, 5) is 1.20. The van der Waals surface area contributed by atoms with Gasteiger partial charge in [-0.15, -0.1) is 11.3 Å². The first kappa shape index (κ1) is 11.4. The zero-order valence-electron chi connectivity index (χ0n) is 9.16. The van der Waals surface area contributed by atoms with E-state index in [1.165, 1.54) is 4.88 Å². The van der Waals surface area contributed by atoms with Crippen LogP contribution < -0.4 is 0 Å². The lowest BCUT2D eigenvalue weighted by Crippen LogP contribution is -2.47. The van der Waals surface area contributed by atoms with Crippen LogP contribution in [0.5, 0.6) is 0 Å². The minimum atomic E-state index is -0.455. The van der Waals surface area contributed by atoms with Crippen molar-refractivity contribution in [1.29, 1.82) is 0 Å². The Balaban J connectivity index is 1.91. The monoisotopic (exact) mass is 244 g/mol. The van der Waals surface area contributed by atoms with E-state index in [1.54, 1.807) is 11.3 Å². The molecule has 1 aliphatic carbocycles. The Bertz CT molecular complexity index is 339. The SMILES string of the molecule is CC(C)C1CC(O)(Cc2ccc(Cl)s2)C1. The fourth-order valence-corrected chi connectivity index (χ4v) is 3.53. The molecule has 1 aromatic rings. The Kier molecular flexibility index (Phi) is 3.11. The molecule has 2 rings (SSSR count). The van der Waals surface area contributed by atoms with Gasteiger partial charge in [-0.1, -0.05) is 25.4 Å². The number of thiophene rings is 1. The first-order valence-electron chi connectivity index (χ1n) is 5.45. The summed E-state index contributed by atoms with van der Waals surface area (Å²) < 4.78 is 0.813. The van der Waals surface area contributed by atoms with Crippen LogP contribution in [0.2, 0.25) is 4.34 Å². The summed E-state index contributed by atoms with van der Waals surface area (Å²) in [7, 11) is 0. The number of aliphatic hydroxyl groups is 1. The van der Waals surface area contributed by atoms with Crippen LogP contribution in [-0.4, -0.2) is 10.7 Å². The third kappa shape index (κ3) is 2.55. The average molecular weight is 245 g/mol. The number of hydrogen-bond acceptors (Lipinski definition) is 2. The first-order valence-corrected chi connectivity index (χ1v) is 6.64. The molecule has 0 spiro atoms. The summed E-state index contributed by atoms with van der Waals surface area (Å²) in [6.45, 7) is 4.46. The molecule has 1 nitrogen and oxygen atoms in total. The molecule has 0 bridgehead atoms. The van der Waals surface area contributed by atoms with Crippen LogP contribution in [0.1, 0.15) is 31.6 Å². The van der Waals surface area contributed by atoms with Crippen LogP contribution in [0, 0.1) is 11.8 Å². The van der Waals surface area contributed by atoms with Gasteiger partial charge in [0.25, 0.3) is 0 Å². The summed E-state index contributed by atoms with van der Waals surface area (Å²) in [5, 5.41) is 10.3. The van der Waals surface area contributed by atoms with Gasteiger partial charge in [-0.25, -0.2) is 0 Å². The van der Waals surface area contributed by atoms with Crippen LogP contribution in [0.25, 0.3) is 0 Å². The smallest absolute Gasteiger partial charge is 0.0931 e. The third-order valence-corrected chi connectivity index (χ3v) is 4.59. The van der Waals surface area contributed by atoms with Gasteiger partial charge in [0.2, 0.25) is 0 Å². The highest BCUT2D eigenvalue weighted by Crippen LogP contribution is 2.44. The molecule has 0 aromatic carbocycles. The lowest BCUT2D eigenvalue weighted by atomic mass is 9.65. The molecule has 0 saturated heterocycles. The molecule has 3 heteroatoms. The quantitative estimate of drug-likeness (QED) is 0.859. The zero-order chi connectivity index (χ0) is 11.1. The lowest BCUT2D eigenvalue weighted by Gasteiger charge is -2.45. The second-order valence-corrected chi connectivity index (χ2v) is 6.82. The van der Waals surface area contributed by atoms with E-state index in [-0.39, 0.29) is 0 Å². The molecule has 1 saturated carbocycles. The zero-order valence-corrected chi connectivity index (χ0v) is 10.7. The fraction of sp³-hybridized carbons (Fsp3) is 0.667. The molecule has 1 aromatic heterocycles. The van der Waals surface area contributed by atoms with E-state index in [0.717, 1.165) is 23.6 Å². The van der Waals surface area contributed by atoms with Crippen LogP contribution in [0.3, 0.4) is 0 Å². The predicted octanol–water partition coefficient (Wildman–Crippen LogP) is 3.74. The Morgan fingerprint density at radius 1 is 1.53 bits per heavy atom. The highest BCUT2D eigenvalue weighted by atomic mass is 35.5. The second kappa shape index (κ2) is 4.08. The maximum absolute atomic E-state index is 10.3. The van der Waals surface area contributed by atoms with Crippen molar-refractivity contribution in [2.75, 3.05) is 0 Å². The molecular weight excluding hydrogens is 228 g/mol. The summed E-state index contributed by atoms with van der Waals surface area (Å²) in [5.41, 5.74) is -0.455. The van der Waals surface area contributed by atoms with Gasteiger partial charge in [-0.05, 0) is 36.8 Å². The van der Waals surface area contributed by atoms with Gasteiger partial charge in [-0.2, -0.15) is 0 Å². The predicted molar refractivity (Wildman–Crippen MR) is 65.5 cm³/mol. The van der Waals surface area contributed by atoms with Gasteiger partial charge in [-0.3, -0.25) is 0 Å². The van der Waals surface area contributed by atoms with Crippen LogP contribution in [-0.2, 0) is 6.42 Å².